The molecule has 0 aliphatic rings. The van der Waals surface area contributed by atoms with Crippen LogP contribution >= 0.6 is 0 Å². The molecular formula is C28H26N7+. The largest absolute Gasteiger partial charge is 0.399 e. The Labute approximate surface area is 203 Å². The van der Waals surface area contributed by atoms with Crippen LogP contribution in [0.2, 0.25) is 0 Å². The van der Waals surface area contributed by atoms with Crippen LogP contribution in [0.15, 0.2) is 101 Å². The molecule has 5 aromatic rings. The van der Waals surface area contributed by atoms with Gasteiger partial charge in [0.15, 0.2) is 0 Å². The lowest BCUT2D eigenvalue weighted by atomic mass is 9.98. The quantitative estimate of drug-likeness (QED) is 0.0477. The van der Waals surface area contributed by atoms with E-state index >= 15 is 0 Å². The zero-order valence-electron chi connectivity index (χ0n) is 19.4. The van der Waals surface area contributed by atoms with E-state index in [1.54, 1.807) is 24.3 Å². The lowest BCUT2D eigenvalue weighted by Crippen LogP contribution is -2.36. The Morgan fingerprint density at radius 2 is 1.63 bits per heavy atom. The molecule has 6 N–H and O–H groups in total. The summed E-state index contributed by atoms with van der Waals surface area (Å²) in [4.78, 5) is 0. The van der Waals surface area contributed by atoms with Gasteiger partial charge in [0, 0.05) is 28.3 Å². The number of aromatic nitrogens is 1. The molecule has 0 saturated heterocycles. The highest BCUT2D eigenvalue weighted by molar-refractivity contribution is 6.10. The van der Waals surface area contributed by atoms with Crippen molar-refractivity contribution in [1.29, 1.82) is 5.41 Å². The van der Waals surface area contributed by atoms with E-state index in [1.807, 2.05) is 24.3 Å². The number of aryl methyl sites for hydroxylation is 1. The van der Waals surface area contributed by atoms with Gasteiger partial charge in [0.25, 0.3) is 0 Å². The second-order valence-corrected chi connectivity index (χ2v) is 8.27. The summed E-state index contributed by atoms with van der Waals surface area (Å²) in [6.45, 7) is 2.95. The van der Waals surface area contributed by atoms with Crippen LogP contribution in [-0.4, -0.2) is 5.84 Å². The first-order chi connectivity index (χ1) is 17.0. The number of nitrogens with one attached hydrogen (secondary N) is 2. The number of nitrogens with two attached hydrogens (primary N) is 2. The standard InChI is InChI=1S/C28H25N7/c1-2-35-26-16-20(29)10-14-24(26)23-15-13-22(17-25(23)27(35)18-6-4-3-5-7-18)33-34-32-21-11-8-19(9-12-21)28(30)31/h3-17,29H,2H2,1H3,(H4,30,31,32,33)/p+1. The first kappa shape index (κ1) is 22.0. The van der Waals surface area contributed by atoms with Crippen LogP contribution < -0.4 is 21.5 Å². The number of hydrogen-bond donors (Lipinski definition) is 4. The minimum Gasteiger partial charge on any atom is -0.399 e. The Morgan fingerprint density at radius 1 is 0.886 bits per heavy atom. The highest BCUT2D eigenvalue weighted by atomic mass is 15.4. The van der Waals surface area contributed by atoms with Crippen LogP contribution in [0, 0.1) is 5.41 Å². The zero-order chi connectivity index (χ0) is 24.4. The fourth-order valence-corrected chi connectivity index (χ4v) is 4.39. The first-order valence-electron chi connectivity index (χ1n) is 11.4. The van der Waals surface area contributed by atoms with Crippen LogP contribution in [0.1, 0.15) is 12.5 Å². The molecule has 1 aromatic heterocycles. The summed E-state index contributed by atoms with van der Waals surface area (Å²) in [5.74, 6) is 0.0246. The summed E-state index contributed by atoms with van der Waals surface area (Å²) in [5, 5.41) is 19.3. The van der Waals surface area contributed by atoms with E-state index in [-0.39, 0.29) is 5.84 Å². The molecule has 0 spiro atoms. The summed E-state index contributed by atoms with van der Waals surface area (Å²) in [5.41, 5.74) is 21.0. The van der Waals surface area contributed by atoms with Crippen LogP contribution in [0.4, 0.5) is 17.1 Å². The molecule has 0 bridgehead atoms. The first-order valence-corrected chi connectivity index (χ1v) is 11.4. The maximum atomic E-state index is 7.49. The zero-order valence-corrected chi connectivity index (χ0v) is 19.4. The third kappa shape index (κ3) is 4.27. The summed E-state index contributed by atoms with van der Waals surface area (Å²) >= 11 is 0. The molecule has 0 radical (unpaired) electrons. The Balaban J connectivity index is 1.61. The Hall–Kier alpha value is -4.78. The van der Waals surface area contributed by atoms with Gasteiger partial charge in [0.2, 0.25) is 11.2 Å². The molecule has 7 nitrogen and oxygen atoms in total. The van der Waals surface area contributed by atoms with Crippen molar-refractivity contribution in [1.82, 2.24) is 0 Å². The number of anilines is 2. The van der Waals surface area contributed by atoms with Gasteiger partial charge in [-0.15, -0.1) is 5.11 Å². The fourth-order valence-electron chi connectivity index (χ4n) is 4.39. The van der Waals surface area contributed by atoms with Crippen molar-refractivity contribution in [2.45, 2.75) is 13.5 Å². The number of amidine groups is 1. The van der Waals surface area contributed by atoms with Gasteiger partial charge in [0.1, 0.15) is 12.4 Å². The van der Waals surface area contributed by atoms with Gasteiger partial charge in [-0.1, -0.05) is 29.5 Å². The number of pyridine rings is 1. The van der Waals surface area contributed by atoms with Crippen molar-refractivity contribution in [2.75, 3.05) is 11.2 Å². The van der Waals surface area contributed by atoms with Gasteiger partial charge in [-0.3, -0.25) is 10.8 Å². The Kier molecular flexibility index (Phi) is 5.81. The highest BCUT2D eigenvalue weighted by Gasteiger charge is 2.22. The molecule has 0 saturated carbocycles. The fraction of sp³-hybridized carbons (Fsp3) is 0.0714. The minimum absolute atomic E-state index is 0.0246. The molecule has 1 heterocycles. The van der Waals surface area contributed by atoms with Gasteiger partial charge >= 0.3 is 0 Å². The van der Waals surface area contributed by atoms with E-state index in [0.29, 0.717) is 11.3 Å². The number of fused-ring (bicyclic) bond motifs is 3. The average molecular weight is 461 g/mol. The lowest BCUT2D eigenvalue weighted by Gasteiger charge is -2.12. The maximum Gasteiger partial charge on any atom is 0.220 e. The van der Waals surface area contributed by atoms with Crippen LogP contribution in [0.3, 0.4) is 0 Å². The van der Waals surface area contributed by atoms with E-state index in [1.165, 1.54) is 0 Å². The van der Waals surface area contributed by atoms with Crippen LogP contribution in [0.25, 0.3) is 32.9 Å². The third-order valence-corrected chi connectivity index (χ3v) is 6.03. The van der Waals surface area contributed by atoms with Gasteiger partial charge < -0.3 is 11.5 Å². The molecule has 0 aliphatic heterocycles. The molecule has 0 unspecified atom stereocenters. The van der Waals surface area contributed by atoms with Crippen molar-refractivity contribution in [3.8, 4) is 11.3 Å². The molecule has 0 atom stereocenters. The third-order valence-electron chi connectivity index (χ3n) is 6.03. The molecule has 4 aromatic carbocycles. The minimum atomic E-state index is 0.0246. The molecular weight excluding hydrogens is 434 g/mol. The normalized spacial score (nSPS) is 11.3. The van der Waals surface area contributed by atoms with Crippen molar-refractivity contribution in [2.24, 2.45) is 16.1 Å². The monoisotopic (exact) mass is 460 g/mol. The van der Waals surface area contributed by atoms with Crippen molar-refractivity contribution in [3.05, 3.63) is 96.6 Å². The van der Waals surface area contributed by atoms with E-state index < -0.39 is 0 Å². The smallest absolute Gasteiger partial charge is 0.220 e. The van der Waals surface area contributed by atoms with Gasteiger partial charge in [-0.25, -0.2) is 0 Å². The van der Waals surface area contributed by atoms with Crippen LogP contribution in [0.5, 0.6) is 0 Å². The summed E-state index contributed by atoms with van der Waals surface area (Å²) in [6, 6.07) is 29.7. The molecule has 0 amide bonds. The Morgan fingerprint density at radius 3 is 2.34 bits per heavy atom. The van der Waals surface area contributed by atoms with E-state index in [2.05, 4.69) is 69.7 Å². The molecule has 0 aliphatic carbocycles. The second kappa shape index (κ2) is 9.23. The second-order valence-electron chi connectivity index (χ2n) is 8.27. The summed E-state index contributed by atoms with van der Waals surface area (Å²) < 4.78 is 2.31. The summed E-state index contributed by atoms with van der Waals surface area (Å²) in [6.07, 6.45) is 0. The average Bonchev–Trinajstić information content (AvgIpc) is 2.88. The van der Waals surface area contributed by atoms with E-state index in [9.17, 15) is 0 Å². The van der Waals surface area contributed by atoms with Gasteiger partial charge in [0.05, 0.1) is 22.1 Å². The van der Waals surface area contributed by atoms with Gasteiger partial charge in [-0.05, 0) is 67.6 Å². The summed E-state index contributed by atoms with van der Waals surface area (Å²) in [7, 11) is 0. The maximum absolute atomic E-state index is 7.49. The molecule has 7 heteroatoms. The number of hydrogen-bond acceptors (Lipinski definition) is 4. The predicted molar refractivity (Wildman–Crippen MR) is 143 cm³/mol. The van der Waals surface area contributed by atoms with E-state index in [4.69, 9.17) is 16.9 Å². The van der Waals surface area contributed by atoms with E-state index in [0.717, 1.165) is 50.9 Å². The predicted octanol–water partition coefficient (Wildman–Crippen LogP) is 5.94. The lowest BCUT2D eigenvalue weighted by molar-refractivity contribution is -0.655. The highest BCUT2D eigenvalue weighted by Crippen LogP contribution is 2.34. The number of nitrogens with zero attached hydrogens (tertiary/aromatic N) is 3. The Bertz CT molecular complexity index is 1570. The molecule has 35 heavy (non-hydrogen) atoms. The number of rotatable bonds is 6. The van der Waals surface area contributed by atoms with Crippen LogP contribution in [-0.2, 0) is 6.54 Å². The molecule has 0 fully saturated rings. The van der Waals surface area contributed by atoms with Crippen molar-refractivity contribution in [3.63, 3.8) is 0 Å². The topological polar surface area (TPSA) is 117 Å². The SMILES string of the molecule is CC[n+]1c(-c2ccccc2)c2cc(NN=Nc3ccc(C(=N)N)cc3)ccc2c2ccc(N)cc21. The van der Waals surface area contributed by atoms with Gasteiger partial charge in [-0.2, -0.15) is 4.57 Å². The number of benzene rings is 4. The number of nitrogen functional groups attached to an aromatic ring is 2. The van der Waals surface area contributed by atoms with Crippen molar-refractivity contribution >= 4 is 44.6 Å². The molecule has 5 rings (SSSR count). The molecule has 172 valence electrons. The van der Waals surface area contributed by atoms with Crippen molar-refractivity contribution < 1.29 is 4.57 Å².